The Morgan fingerprint density at radius 2 is 2.03 bits per heavy atom. The zero-order chi connectivity index (χ0) is 22.6. The maximum absolute atomic E-state index is 12.8. The molecule has 0 aromatic carbocycles. The Balaban J connectivity index is 1.34. The number of carbonyl (C=O) groups excluding carboxylic acids is 1. The molecule has 4 aromatic heterocycles. The Morgan fingerprint density at radius 1 is 1.09 bits per heavy atom. The average molecular weight is 443 g/mol. The number of aromatic nitrogens is 5. The van der Waals surface area contributed by atoms with Gasteiger partial charge in [0.05, 0.1) is 17.3 Å². The van der Waals surface area contributed by atoms with Crippen LogP contribution >= 0.6 is 0 Å². The molecule has 0 aliphatic carbocycles. The SMILES string of the molecule is CN1CCN(Cc2ccccn2)CC1c1nnc2ccc(C(=O)NCc3cccnc3)cn12. The minimum atomic E-state index is -0.144. The third kappa shape index (κ3) is 4.74. The molecule has 168 valence electrons. The quantitative estimate of drug-likeness (QED) is 0.488. The van der Waals surface area contributed by atoms with E-state index >= 15 is 0 Å². The Bertz CT molecular complexity index is 1230. The van der Waals surface area contributed by atoms with Crippen LogP contribution in [0.2, 0.25) is 0 Å². The van der Waals surface area contributed by atoms with Crippen LogP contribution in [0.3, 0.4) is 0 Å². The summed E-state index contributed by atoms with van der Waals surface area (Å²) in [5.74, 6) is 0.689. The topological polar surface area (TPSA) is 91.5 Å². The first kappa shape index (κ1) is 21.2. The number of pyridine rings is 3. The van der Waals surface area contributed by atoms with Gasteiger partial charge in [0.15, 0.2) is 11.5 Å². The molecule has 0 radical (unpaired) electrons. The third-order valence-electron chi connectivity index (χ3n) is 6.01. The summed E-state index contributed by atoms with van der Waals surface area (Å²) in [6.07, 6.45) is 7.12. The maximum Gasteiger partial charge on any atom is 0.253 e. The van der Waals surface area contributed by atoms with Crippen molar-refractivity contribution >= 4 is 11.6 Å². The number of nitrogens with zero attached hydrogens (tertiary/aromatic N) is 7. The molecule has 0 saturated carbocycles. The van der Waals surface area contributed by atoms with Crippen molar-refractivity contribution < 1.29 is 4.79 Å². The van der Waals surface area contributed by atoms with Crippen molar-refractivity contribution in [3.63, 3.8) is 0 Å². The lowest BCUT2D eigenvalue weighted by Crippen LogP contribution is -2.46. The highest BCUT2D eigenvalue weighted by Gasteiger charge is 2.29. The Labute approximate surface area is 192 Å². The smallest absolute Gasteiger partial charge is 0.253 e. The second-order valence-electron chi connectivity index (χ2n) is 8.30. The van der Waals surface area contributed by atoms with Crippen molar-refractivity contribution in [2.24, 2.45) is 0 Å². The lowest BCUT2D eigenvalue weighted by atomic mass is 10.1. The minimum absolute atomic E-state index is 0.0613. The lowest BCUT2D eigenvalue weighted by Gasteiger charge is -2.38. The van der Waals surface area contributed by atoms with Crippen LogP contribution in [0.4, 0.5) is 0 Å². The van der Waals surface area contributed by atoms with Crippen LogP contribution in [0, 0.1) is 0 Å². The molecule has 1 atom stereocenters. The molecule has 5 heterocycles. The zero-order valence-electron chi connectivity index (χ0n) is 18.5. The summed E-state index contributed by atoms with van der Waals surface area (Å²) in [7, 11) is 2.11. The van der Waals surface area contributed by atoms with Crippen molar-refractivity contribution in [3.8, 4) is 0 Å². The van der Waals surface area contributed by atoms with Crippen molar-refractivity contribution in [2.45, 2.75) is 19.1 Å². The molecule has 1 aliphatic rings. The second-order valence-corrected chi connectivity index (χ2v) is 8.30. The molecule has 1 saturated heterocycles. The summed E-state index contributed by atoms with van der Waals surface area (Å²) in [4.78, 5) is 26.0. The molecular weight excluding hydrogens is 416 g/mol. The van der Waals surface area contributed by atoms with E-state index in [1.165, 1.54) is 0 Å². The molecule has 1 N–H and O–H groups in total. The molecule has 1 aliphatic heterocycles. The Morgan fingerprint density at radius 3 is 2.85 bits per heavy atom. The van der Waals surface area contributed by atoms with Gasteiger partial charge in [0.25, 0.3) is 5.91 Å². The van der Waals surface area contributed by atoms with Gasteiger partial charge < -0.3 is 5.32 Å². The molecule has 9 nitrogen and oxygen atoms in total. The van der Waals surface area contributed by atoms with Gasteiger partial charge in [-0.15, -0.1) is 10.2 Å². The fraction of sp³-hybridized carbons (Fsp3) is 0.292. The van der Waals surface area contributed by atoms with E-state index in [2.05, 4.69) is 48.4 Å². The highest BCUT2D eigenvalue weighted by molar-refractivity contribution is 5.94. The summed E-state index contributed by atoms with van der Waals surface area (Å²) < 4.78 is 1.93. The van der Waals surface area contributed by atoms with Crippen LogP contribution in [0.15, 0.2) is 67.3 Å². The Kier molecular flexibility index (Phi) is 6.05. The number of rotatable bonds is 6. The van der Waals surface area contributed by atoms with E-state index in [4.69, 9.17) is 0 Å². The second kappa shape index (κ2) is 9.43. The zero-order valence-corrected chi connectivity index (χ0v) is 18.5. The predicted octanol–water partition coefficient (Wildman–Crippen LogP) is 1.94. The fourth-order valence-corrected chi connectivity index (χ4v) is 4.13. The van der Waals surface area contributed by atoms with Gasteiger partial charge >= 0.3 is 0 Å². The molecule has 9 heteroatoms. The molecular formula is C24H26N8O. The van der Waals surface area contributed by atoms with E-state index in [0.29, 0.717) is 12.1 Å². The number of hydrogen-bond acceptors (Lipinski definition) is 7. The van der Waals surface area contributed by atoms with E-state index in [-0.39, 0.29) is 11.9 Å². The first-order valence-electron chi connectivity index (χ1n) is 11.0. The first-order valence-corrected chi connectivity index (χ1v) is 11.0. The van der Waals surface area contributed by atoms with Crippen molar-refractivity contribution in [1.29, 1.82) is 0 Å². The van der Waals surface area contributed by atoms with Crippen LogP contribution < -0.4 is 5.32 Å². The summed E-state index contributed by atoms with van der Waals surface area (Å²) in [5.41, 5.74) is 3.30. The van der Waals surface area contributed by atoms with E-state index < -0.39 is 0 Å². The highest BCUT2D eigenvalue weighted by Crippen LogP contribution is 2.24. The first-order chi connectivity index (χ1) is 16.2. The van der Waals surface area contributed by atoms with Gasteiger partial charge in [-0.3, -0.25) is 29.0 Å². The highest BCUT2D eigenvalue weighted by atomic mass is 16.1. The standard InChI is InChI=1S/C24H26N8O/c1-30-11-12-31(16-20-6-2-3-10-26-20)17-21(30)23-29-28-22-8-7-19(15-32(22)23)24(33)27-14-18-5-4-9-25-13-18/h2-10,13,15,21H,11-12,14,16-17H2,1H3,(H,27,33). The minimum Gasteiger partial charge on any atom is -0.348 e. The van der Waals surface area contributed by atoms with Crippen LogP contribution in [-0.4, -0.2) is 67.0 Å². The van der Waals surface area contributed by atoms with Gasteiger partial charge in [-0.05, 0) is 42.9 Å². The van der Waals surface area contributed by atoms with E-state index in [9.17, 15) is 4.79 Å². The molecule has 1 fully saturated rings. The summed E-state index contributed by atoms with van der Waals surface area (Å²) in [6.45, 7) is 3.91. The van der Waals surface area contributed by atoms with Gasteiger partial charge in [0, 0.05) is 57.5 Å². The van der Waals surface area contributed by atoms with Gasteiger partial charge in [-0.2, -0.15) is 0 Å². The summed E-state index contributed by atoms with van der Waals surface area (Å²) in [6, 6.07) is 13.5. The van der Waals surface area contributed by atoms with Crippen LogP contribution in [0.5, 0.6) is 0 Å². The monoisotopic (exact) mass is 442 g/mol. The summed E-state index contributed by atoms with van der Waals surface area (Å²) in [5, 5.41) is 11.8. The van der Waals surface area contributed by atoms with Gasteiger partial charge in [0.2, 0.25) is 0 Å². The van der Waals surface area contributed by atoms with Crippen LogP contribution in [0.25, 0.3) is 5.65 Å². The molecule has 1 unspecified atom stereocenters. The molecule has 33 heavy (non-hydrogen) atoms. The molecule has 1 amide bonds. The van der Waals surface area contributed by atoms with Gasteiger partial charge in [0.1, 0.15) is 0 Å². The summed E-state index contributed by atoms with van der Waals surface area (Å²) >= 11 is 0. The van der Waals surface area contributed by atoms with Crippen molar-refractivity contribution in [2.75, 3.05) is 26.7 Å². The number of nitrogens with one attached hydrogen (secondary N) is 1. The molecule has 4 aromatic rings. The molecule has 5 rings (SSSR count). The average Bonchev–Trinajstić information content (AvgIpc) is 3.28. The van der Waals surface area contributed by atoms with E-state index in [0.717, 1.165) is 48.9 Å². The third-order valence-corrected chi connectivity index (χ3v) is 6.01. The fourth-order valence-electron chi connectivity index (χ4n) is 4.13. The largest absolute Gasteiger partial charge is 0.348 e. The van der Waals surface area contributed by atoms with Gasteiger partial charge in [-0.1, -0.05) is 12.1 Å². The van der Waals surface area contributed by atoms with Crippen LogP contribution in [-0.2, 0) is 13.1 Å². The Hall–Kier alpha value is -3.69. The number of amides is 1. The molecule has 0 bridgehead atoms. The maximum atomic E-state index is 12.8. The molecule has 0 spiro atoms. The predicted molar refractivity (Wildman–Crippen MR) is 123 cm³/mol. The number of fused-ring (bicyclic) bond motifs is 1. The number of carbonyl (C=O) groups is 1. The van der Waals surface area contributed by atoms with Crippen molar-refractivity contribution in [1.82, 2.24) is 39.7 Å². The normalized spacial score (nSPS) is 17.3. The van der Waals surface area contributed by atoms with Crippen molar-refractivity contribution in [3.05, 3.63) is 89.9 Å². The van der Waals surface area contributed by atoms with Crippen LogP contribution in [0.1, 0.15) is 33.5 Å². The van der Waals surface area contributed by atoms with E-state index in [1.807, 2.05) is 47.1 Å². The number of likely N-dealkylation sites (N-methyl/N-ethyl adjacent to an activating group) is 1. The number of piperazine rings is 1. The van der Waals surface area contributed by atoms with Gasteiger partial charge in [-0.25, -0.2) is 0 Å². The van der Waals surface area contributed by atoms with E-state index in [1.54, 1.807) is 18.5 Å². The lowest BCUT2D eigenvalue weighted by molar-refractivity contribution is 0.0844. The number of hydrogen-bond donors (Lipinski definition) is 1.